The Morgan fingerprint density at radius 3 is 2.50 bits per heavy atom. The summed E-state index contributed by atoms with van der Waals surface area (Å²) in [5.74, 6) is -1.30. The topological polar surface area (TPSA) is 74.7 Å². The van der Waals surface area contributed by atoms with Crippen LogP contribution in [0.5, 0.6) is 0 Å². The Morgan fingerprint density at radius 2 is 1.95 bits per heavy atom. The van der Waals surface area contributed by atoms with Crippen molar-refractivity contribution in [2.45, 2.75) is 6.54 Å². The maximum atomic E-state index is 12.0. The molecule has 20 heavy (non-hydrogen) atoms. The molecule has 0 unspecified atom stereocenters. The zero-order valence-electron chi connectivity index (χ0n) is 11.2. The Balaban J connectivity index is 2.75. The molecule has 0 spiro atoms. The van der Waals surface area contributed by atoms with Gasteiger partial charge < -0.3 is 10.0 Å². The summed E-state index contributed by atoms with van der Waals surface area (Å²) in [6.07, 6.45) is 1.26. The Kier molecular flexibility index (Phi) is 6.41. The molecule has 0 atom stereocenters. The molecular formula is C14H19NO4S. The van der Waals surface area contributed by atoms with Gasteiger partial charge in [0.2, 0.25) is 5.91 Å². The van der Waals surface area contributed by atoms with Gasteiger partial charge >= 0.3 is 0 Å². The van der Waals surface area contributed by atoms with Gasteiger partial charge in [-0.05, 0) is 5.56 Å². The fourth-order valence-electron chi connectivity index (χ4n) is 1.73. The molecule has 0 aliphatic rings. The fourth-order valence-corrected chi connectivity index (χ4v) is 2.77. The molecule has 0 fully saturated rings. The van der Waals surface area contributed by atoms with E-state index in [2.05, 4.69) is 6.58 Å². The summed E-state index contributed by atoms with van der Waals surface area (Å²) in [6.45, 7) is 3.54. The fraction of sp³-hybridized carbons (Fsp3) is 0.357. The van der Waals surface area contributed by atoms with Crippen molar-refractivity contribution in [3.63, 3.8) is 0 Å². The maximum absolute atomic E-state index is 12.0. The molecule has 1 amide bonds. The van der Waals surface area contributed by atoms with E-state index < -0.39 is 21.5 Å². The quantitative estimate of drug-likeness (QED) is 0.713. The van der Waals surface area contributed by atoms with E-state index >= 15 is 0 Å². The Bertz CT molecular complexity index is 540. The molecule has 0 bridgehead atoms. The molecule has 0 aromatic heterocycles. The van der Waals surface area contributed by atoms with Gasteiger partial charge in [-0.1, -0.05) is 36.4 Å². The number of hydrogen-bond acceptors (Lipinski definition) is 4. The van der Waals surface area contributed by atoms with Gasteiger partial charge in [0.05, 0.1) is 12.4 Å². The number of carbonyl (C=O) groups is 1. The van der Waals surface area contributed by atoms with Crippen LogP contribution in [0, 0.1) is 0 Å². The highest BCUT2D eigenvalue weighted by molar-refractivity contribution is 7.92. The summed E-state index contributed by atoms with van der Waals surface area (Å²) in [4.78, 5) is 13.4. The average molecular weight is 297 g/mol. The SMILES string of the molecule is C=CCS(=O)(=O)CC(=O)N(CCO)Cc1ccccc1. The van der Waals surface area contributed by atoms with Crippen LogP contribution >= 0.6 is 0 Å². The molecule has 1 N–H and O–H groups in total. The molecule has 1 aromatic carbocycles. The van der Waals surface area contributed by atoms with Crippen molar-refractivity contribution in [1.29, 1.82) is 0 Å². The second-order valence-corrected chi connectivity index (χ2v) is 6.48. The van der Waals surface area contributed by atoms with Crippen molar-refractivity contribution in [2.24, 2.45) is 0 Å². The predicted molar refractivity (Wildman–Crippen MR) is 77.8 cm³/mol. The van der Waals surface area contributed by atoms with E-state index in [9.17, 15) is 13.2 Å². The Hall–Kier alpha value is -1.66. The zero-order valence-corrected chi connectivity index (χ0v) is 12.1. The highest BCUT2D eigenvalue weighted by atomic mass is 32.2. The number of carbonyl (C=O) groups excluding carboxylic acids is 1. The first-order chi connectivity index (χ1) is 9.48. The Morgan fingerprint density at radius 1 is 1.30 bits per heavy atom. The number of sulfone groups is 1. The minimum Gasteiger partial charge on any atom is -0.395 e. The second kappa shape index (κ2) is 7.81. The summed E-state index contributed by atoms with van der Waals surface area (Å²) >= 11 is 0. The molecule has 0 aliphatic heterocycles. The number of amides is 1. The van der Waals surface area contributed by atoms with Crippen LogP contribution in [-0.2, 0) is 21.2 Å². The van der Waals surface area contributed by atoms with Crippen molar-refractivity contribution in [3.8, 4) is 0 Å². The maximum Gasteiger partial charge on any atom is 0.238 e. The first-order valence-electron chi connectivity index (χ1n) is 6.22. The summed E-state index contributed by atoms with van der Waals surface area (Å²) in [6, 6.07) is 9.22. The highest BCUT2D eigenvalue weighted by Gasteiger charge is 2.20. The minimum absolute atomic E-state index is 0.108. The van der Waals surface area contributed by atoms with E-state index in [4.69, 9.17) is 5.11 Å². The Labute approximate surface area is 119 Å². The van der Waals surface area contributed by atoms with Crippen molar-refractivity contribution < 1.29 is 18.3 Å². The van der Waals surface area contributed by atoms with Gasteiger partial charge in [-0.15, -0.1) is 6.58 Å². The first-order valence-corrected chi connectivity index (χ1v) is 8.04. The second-order valence-electron chi connectivity index (χ2n) is 4.37. The standard InChI is InChI=1S/C14H19NO4S/c1-2-10-20(18,19)12-14(17)15(8-9-16)11-13-6-4-3-5-7-13/h2-7,16H,1,8-12H2. The van der Waals surface area contributed by atoms with Crippen molar-refractivity contribution in [1.82, 2.24) is 4.90 Å². The van der Waals surface area contributed by atoms with Crippen molar-refractivity contribution in [2.75, 3.05) is 24.7 Å². The lowest BCUT2D eigenvalue weighted by molar-refractivity contribution is -0.129. The van der Waals surface area contributed by atoms with Crippen LogP contribution in [0.15, 0.2) is 43.0 Å². The number of benzene rings is 1. The van der Waals surface area contributed by atoms with E-state index in [0.717, 1.165) is 5.56 Å². The molecule has 1 aromatic rings. The third kappa shape index (κ3) is 5.54. The van der Waals surface area contributed by atoms with Crippen molar-refractivity contribution >= 4 is 15.7 Å². The lowest BCUT2D eigenvalue weighted by atomic mass is 10.2. The van der Waals surface area contributed by atoms with Gasteiger partial charge in [-0.3, -0.25) is 4.79 Å². The lowest BCUT2D eigenvalue weighted by Crippen LogP contribution is -2.37. The molecule has 0 aliphatic carbocycles. The monoisotopic (exact) mass is 297 g/mol. The van der Waals surface area contributed by atoms with Gasteiger partial charge in [0.15, 0.2) is 9.84 Å². The van der Waals surface area contributed by atoms with Crippen LogP contribution in [0.4, 0.5) is 0 Å². The van der Waals surface area contributed by atoms with E-state index in [0.29, 0.717) is 0 Å². The zero-order chi connectivity index (χ0) is 15.0. The van der Waals surface area contributed by atoms with Gasteiger partial charge in [-0.25, -0.2) is 8.42 Å². The number of aliphatic hydroxyl groups is 1. The minimum atomic E-state index is -3.48. The summed E-state index contributed by atoms with van der Waals surface area (Å²) in [5, 5.41) is 9.01. The van der Waals surface area contributed by atoms with E-state index in [1.807, 2.05) is 30.3 Å². The number of rotatable bonds is 8. The number of hydrogen-bond donors (Lipinski definition) is 1. The molecule has 1 rings (SSSR count). The van der Waals surface area contributed by atoms with Gasteiger partial charge in [0.25, 0.3) is 0 Å². The van der Waals surface area contributed by atoms with Crippen LogP contribution in [0.2, 0.25) is 0 Å². The van der Waals surface area contributed by atoms with Gasteiger partial charge in [-0.2, -0.15) is 0 Å². The average Bonchev–Trinajstić information content (AvgIpc) is 2.38. The normalized spacial score (nSPS) is 11.1. The van der Waals surface area contributed by atoms with E-state index in [1.165, 1.54) is 11.0 Å². The molecule has 0 radical (unpaired) electrons. The third-order valence-electron chi connectivity index (χ3n) is 2.65. The number of aliphatic hydroxyl groups excluding tert-OH is 1. The summed E-state index contributed by atoms with van der Waals surface area (Å²) < 4.78 is 23.2. The van der Waals surface area contributed by atoms with Crippen LogP contribution < -0.4 is 0 Å². The van der Waals surface area contributed by atoms with Crippen molar-refractivity contribution in [3.05, 3.63) is 48.6 Å². The molecule has 6 heteroatoms. The van der Waals surface area contributed by atoms with E-state index in [-0.39, 0.29) is 25.4 Å². The molecular weight excluding hydrogens is 278 g/mol. The molecule has 5 nitrogen and oxygen atoms in total. The highest BCUT2D eigenvalue weighted by Crippen LogP contribution is 2.06. The smallest absolute Gasteiger partial charge is 0.238 e. The van der Waals surface area contributed by atoms with Gasteiger partial charge in [0.1, 0.15) is 5.75 Å². The van der Waals surface area contributed by atoms with Crippen LogP contribution in [-0.4, -0.2) is 49.0 Å². The van der Waals surface area contributed by atoms with E-state index in [1.54, 1.807) is 0 Å². The van der Waals surface area contributed by atoms with Crippen LogP contribution in [0.25, 0.3) is 0 Å². The summed E-state index contributed by atoms with van der Waals surface area (Å²) in [7, 11) is -3.48. The summed E-state index contributed by atoms with van der Waals surface area (Å²) in [5.41, 5.74) is 0.885. The predicted octanol–water partition coefficient (Wildman–Crippen LogP) is 0.608. The van der Waals surface area contributed by atoms with Crippen LogP contribution in [0.1, 0.15) is 5.56 Å². The first kappa shape index (κ1) is 16.4. The molecule has 110 valence electrons. The van der Waals surface area contributed by atoms with Crippen LogP contribution in [0.3, 0.4) is 0 Å². The molecule has 0 saturated heterocycles. The number of nitrogens with zero attached hydrogens (tertiary/aromatic N) is 1. The molecule has 0 saturated carbocycles. The largest absolute Gasteiger partial charge is 0.395 e. The third-order valence-corrected chi connectivity index (χ3v) is 4.08. The van der Waals surface area contributed by atoms with Gasteiger partial charge in [0, 0.05) is 13.1 Å². The lowest BCUT2D eigenvalue weighted by Gasteiger charge is -2.21. The molecule has 0 heterocycles.